The van der Waals surface area contributed by atoms with E-state index < -0.39 is 6.09 Å². The molecule has 6 nitrogen and oxygen atoms in total. The van der Waals surface area contributed by atoms with Gasteiger partial charge in [0.15, 0.2) is 0 Å². The van der Waals surface area contributed by atoms with Gasteiger partial charge < -0.3 is 4.74 Å². The highest BCUT2D eigenvalue weighted by molar-refractivity contribution is 5.80. The van der Waals surface area contributed by atoms with Crippen molar-refractivity contribution < 1.29 is 9.53 Å². The molecule has 0 atom stereocenters. The maximum Gasteiger partial charge on any atom is 0.418 e. The van der Waals surface area contributed by atoms with E-state index in [-0.39, 0.29) is 5.92 Å². The van der Waals surface area contributed by atoms with Gasteiger partial charge >= 0.3 is 6.09 Å². The Balaban J connectivity index is 2.03. The second-order valence-electron chi connectivity index (χ2n) is 6.15. The molecule has 0 aliphatic carbocycles. The molecule has 0 saturated heterocycles. The fourth-order valence-electron chi connectivity index (χ4n) is 2.41. The Kier molecular flexibility index (Phi) is 4.52. The first kappa shape index (κ1) is 16.7. The second kappa shape index (κ2) is 6.76. The lowest BCUT2D eigenvalue weighted by Crippen LogP contribution is -2.25. The van der Waals surface area contributed by atoms with Crippen molar-refractivity contribution in [3.63, 3.8) is 0 Å². The van der Waals surface area contributed by atoms with Crippen LogP contribution in [-0.2, 0) is 0 Å². The zero-order valence-corrected chi connectivity index (χ0v) is 14.5. The monoisotopic (exact) mass is 336 g/mol. The number of amides is 1. The molecule has 3 rings (SSSR count). The molecule has 0 unspecified atom stereocenters. The van der Waals surface area contributed by atoms with Crippen LogP contribution >= 0.6 is 0 Å². The Bertz CT molecular complexity index is 944. The topological polar surface area (TPSA) is 69.0 Å². The first-order chi connectivity index (χ1) is 11.9. The van der Waals surface area contributed by atoms with Gasteiger partial charge in [-0.05, 0) is 37.1 Å². The predicted molar refractivity (Wildman–Crippen MR) is 96.9 cm³/mol. The van der Waals surface area contributed by atoms with Crippen molar-refractivity contribution in [1.29, 1.82) is 0 Å². The second-order valence-corrected chi connectivity index (χ2v) is 6.15. The fraction of sp³-hybridized carbons (Fsp3) is 0.211. The third-order valence-electron chi connectivity index (χ3n) is 3.63. The molecule has 2 aromatic heterocycles. The summed E-state index contributed by atoms with van der Waals surface area (Å²) in [7, 11) is 0. The van der Waals surface area contributed by atoms with E-state index >= 15 is 0 Å². The number of rotatable bonds is 4. The molecule has 6 heteroatoms. The summed E-state index contributed by atoms with van der Waals surface area (Å²) >= 11 is 0. The number of nitrogens with zero attached hydrogens (tertiary/aromatic N) is 3. The van der Waals surface area contributed by atoms with Crippen molar-refractivity contribution in [2.45, 2.75) is 26.7 Å². The lowest BCUT2D eigenvalue weighted by molar-refractivity contribution is 0.200. The number of hydrogen-bond acceptors (Lipinski definition) is 4. The van der Waals surface area contributed by atoms with Gasteiger partial charge in [0.25, 0.3) is 0 Å². The van der Waals surface area contributed by atoms with Crippen LogP contribution in [0, 0.1) is 0 Å². The lowest BCUT2D eigenvalue weighted by atomic mass is 10.1. The fourth-order valence-corrected chi connectivity index (χ4v) is 2.41. The summed E-state index contributed by atoms with van der Waals surface area (Å²) in [5, 5.41) is 8.10. The third-order valence-corrected chi connectivity index (χ3v) is 3.63. The van der Waals surface area contributed by atoms with E-state index in [0.29, 0.717) is 11.6 Å². The Morgan fingerprint density at radius 2 is 2.08 bits per heavy atom. The van der Waals surface area contributed by atoms with Crippen LogP contribution in [0.3, 0.4) is 0 Å². The molecule has 0 fully saturated rings. The van der Waals surface area contributed by atoms with Gasteiger partial charge in [-0.3, -0.25) is 10.3 Å². The normalized spacial score (nSPS) is 10.9. The number of aromatic nitrogens is 3. The molecule has 0 bridgehead atoms. The Labute approximate surface area is 146 Å². The zero-order valence-electron chi connectivity index (χ0n) is 14.5. The summed E-state index contributed by atoms with van der Waals surface area (Å²) in [6.45, 7) is 9.41. The highest BCUT2D eigenvalue weighted by Crippen LogP contribution is 2.25. The van der Waals surface area contributed by atoms with Crippen molar-refractivity contribution >= 4 is 17.0 Å². The number of pyridine rings is 1. The molecule has 3 aromatic rings. The van der Waals surface area contributed by atoms with Crippen LogP contribution in [0.25, 0.3) is 16.6 Å². The van der Waals surface area contributed by atoms with Crippen molar-refractivity contribution in [2.75, 3.05) is 0 Å². The van der Waals surface area contributed by atoms with E-state index in [0.717, 1.165) is 22.3 Å². The number of allylic oxidation sites excluding steroid dienone is 1. The van der Waals surface area contributed by atoms with E-state index in [4.69, 9.17) is 4.74 Å². The number of carbonyl (C=O) groups excluding carboxylic acids is 1. The van der Waals surface area contributed by atoms with Crippen molar-refractivity contribution in [2.24, 2.45) is 0 Å². The Morgan fingerprint density at radius 3 is 2.80 bits per heavy atom. The minimum absolute atomic E-state index is 0.204. The molecule has 0 aliphatic heterocycles. The van der Waals surface area contributed by atoms with Crippen LogP contribution in [-0.4, -0.2) is 20.9 Å². The number of benzene rings is 1. The van der Waals surface area contributed by atoms with Gasteiger partial charge in [-0.1, -0.05) is 26.5 Å². The van der Waals surface area contributed by atoms with Crippen LogP contribution in [0.4, 0.5) is 4.79 Å². The molecule has 128 valence electrons. The number of carbonyl (C=O) groups is 1. The van der Waals surface area contributed by atoms with Crippen LogP contribution in [0.5, 0.6) is 5.88 Å². The van der Waals surface area contributed by atoms with Crippen LogP contribution in [0.2, 0.25) is 0 Å². The molecule has 1 amide bonds. The predicted octanol–water partition coefficient (Wildman–Crippen LogP) is 4.17. The summed E-state index contributed by atoms with van der Waals surface area (Å²) < 4.78 is 7.05. The molecule has 1 N–H and O–H groups in total. The molecule has 2 heterocycles. The molecule has 0 radical (unpaired) electrons. The van der Waals surface area contributed by atoms with E-state index in [2.05, 4.69) is 22.0 Å². The number of nitrogens with one attached hydrogen (secondary N) is 1. The van der Waals surface area contributed by atoms with Gasteiger partial charge in [0.1, 0.15) is 0 Å². The molecular weight excluding hydrogens is 316 g/mol. The minimum atomic E-state index is -0.591. The van der Waals surface area contributed by atoms with Gasteiger partial charge in [0.2, 0.25) is 5.88 Å². The largest absolute Gasteiger partial charge is 0.418 e. The van der Waals surface area contributed by atoms with Gasteiger partial charge in [-0.25, -0.2) is 9.48 Å². The number of fused-ring (bicyclic) bond motifs is 1. The lowest BCUT2D eigenvalue weighted by Gasteiger charge is -2.09. The standard InChI is InChI=1S/C19H20N4O2/c1-12(2)17-11-18(25-19(24)21-13(3)4)23(22-17)15-7-8-16-14(10-15)6-5-9-20-16/h5-12H,3H2,1-2,4H3,(H,21,24). The minimum Gasteiger partial charge on any atom is -0.391 e. The quantitative estimate of drug-likeness (QED) is 0.776. The Morgan fingerprint density at radius 1 is 1.28 bits per heavy atom. The SMILES string of the molecule is C=C(C)NC(=O)Oc1cc(C(C)C)nn1-c1ccc2ncccc2c1. The van der Waals surface area contributed by atoms with Crippen LogP contribution < -0.4 is 10.1 Å². The zero-order chi connectivity index (χ0) is 18.0. The van der Waals surface area contributed by atoms with Gasteiger partial charge in [-0.2, -0.15) is 5.10 Å². The van der Waals surface area contributed by atoms with Gasteiger partial charge in [-0.15, -0.1) is 0 Å². The summed E-state index contributed by atoms with van der Waals surface area (Å²) in [5.74, 6) is 0.556. The summed E-state index contributed by atoms with van der Waals surface area (Å²) in [5.41, 5.74) is 3.04. The maximum absolute atomic E-state index is 12.0. The molecule has 0 aliphatic rings. The average Bonchev–Trinajstić information content (AvgIpc) is 2.97. The van der Waals surface area contributed by atoms with Gasteiger partial charge in [0.05, 0.1) is 16.9 Å². The molecule has 0 saturated carbocycles. The first-order valence-corrected chi connectivity index (χ1v) is 8.03. The van der Waals surface area contributed by atoms with Crippen LogP contribution in [0.1, 0.15) is 32.4 Å². The van der Waals surface area contributed by atoms with E-state index in [1.54, 1.807) is 23.9 Å². The first-order valence-electron chi connectivity index (χ1n) is 8.03. The number of ether oxygens (including phenoxy) is 1. The van der Waals surface area contributed by atoms with Gasteiger partial charge in [0, 0.05) is 23.3 Å². The van der Waals surface area contributed by atoms with Crippen molar-refractivity contribution in [1.82, 2.24) is 20.1 Å². The average molecular weight is 336 g/mol. The van der Waals surface area contributed by atoms with Crippen molar-refractivity contribution in [3.05, 3.63) is 60.6 Å². The molecule has 1 aromatic carbocycles. The van der Waals surface area contributed by atoms with E-state index in [1.165, 1.54) is 0 Å². The summed E-state index contributed by atoms with van der Waals surface area (Å²) in [6, 6.07) is 11.4. The molecule has 0 spiro atoms. The van der Waals surface area contributed by atoms with Crippen molar-refractivity contribution in [3.8, 4) is 11.6 Å². The smallest absolute Gasteiger partial charge is 0.391 e. The summed E-state index contributed by atoms with van der Waals surface area (Å²) in [6.07, 6.45) is 1.16. The maximum atomic E-state index is 12.0. The highest BCUT2D eigenvalue weighted by atomic mass is 16.6. The number of hydrogen-bond donors (Lipinski definition) is 1. The Hall–Kier alpha value is -3.15. The molecular formula is C19H20N4O2. The summed E-state index contributed by atoms with van der Waals surface area (Å²) in [4.78, 5) is 16.3. The third kappa shape index (κ3) is 3.68. The highest BCUT2D eigenvalue weighted by Gasteiger charge is 2.16. The van der Waals surface area contributed by atoms with E-state index in [1.807, 2.05) is 44.2 Å². The molecule has 25 heavy (non-hydrogen) atoms. The van der Waals surface area contributed by atoms with E-state index in [9.17, 15) is 4.79 Å². The van der Waals surface area contributed by atoms with Crippen LogP contribution in [0.15, 0.2) is 54.9 Å².